The van der Waals surface area contributed by atoms with Gasteiger partial charge in [0.05, 0.1) is 0 Å². The molecule has 0 aliphatic carbocycles. The molecule has 3 rings (SSSR count). The van der Waals surface area contributed by atoms with Crippen molar-refractivity contribution in [1.29, 1.82) is 0 Å². The number of likely N-dealkylation sites (tertiary alicyclic amines) is 1. The maximum atomic E-state index is 12.1. The van der Waals surface area contributed by atoms with Crippen LogP contribution in [0.1, 0.15) is 6.42 Å². The average Bonchev–Trinajstić information content (AvgIpc) is 2.97. The second kappa shape index (κ2) is 4.49. The Hall–Kier alpha value is -1.36. The SMILES string of the molecule is O=C(Cn1cccn1)N1CCC2CNCC2C1. The molecule has 1 aromatic rings. The molecule has 0 bridgehead atoms. The summed E-state index contributed by atoms with van der Waals surface area (Å²) >= 11 is 0. The molecule has 5 heteroatoms. The van der Waals surface area contributed by atoms with Gasteiger partial charge < -0.3 is 10.2 Å². The Morgan fingerprint density at radius 1 is 1.41 bits per heavy atom. The van der Waals surface area contributed by atoms with Gasteiger partial charge in [0.25, 0.3) is 0 Å². The van der Waals surface area contributed by atoms with E-state index in [0.29, 0.717) is 12.5 Å². The fourth-order valence-corrected chi connectivity index (χ4v) is 2.89. The van der Waals surface area contributed by atoms with Crippen LogP contribution in [0.2, 0.25) is 0 Å². The second-order valence-electron chi connectivity index (χ2n) is 5.01. The number of nitrogens with zero attached hydrogens (tertiary/aromatic N) is 3. The van der Waals surface area contributed by atoms with Crippen LogP contribution in [0.5, 0.6) is 0 Å². The number of piperidine rings is 1. The van der Waals surface area contributed by atoms with Crippen molar-refractivity contribution >= 4 is 5.91 Å². The number of fused-ring (bicyclic) bond motifs is 1. The van der Waals surface area contributed by atoms with E-state index in [2.05, 4.69) is 10.4 Å². The highest BCUT2D eigenvalue weighted by Gasteiger charge is 2.34. The van der Waals surface area contributed by atoms with E-state index in [-0.39, 0.29) is 5.91 Å². The van der Waals surface area contributed by atoms with Gasteiger partial charge in [-0.3, -0.25) is 9.48 Å². The highest BCUT2D eigenvalue weighted by Crippen LogP contribution is 2.26. The predicted molar refractivity (Wildman–Crippen MR) is 63.3 cm³/mol. The fraction of sp³-hybridized carbons (Fsp3) is 0.667. The molecule has 1 N–H and O–H groups in total. The summed E-state index contributed by atoms with van der Waals surface area (Å²) < 4.78 is 1.70. The Balaban J connectivity index is 1.59. The number of rotatable bonds is 2. The van der Waals surface area contributed by atoms with Crippen molar-refractivity contribution in [3.63, 3.8) is 0 Å². The van der Waals surface area contributed by atoms with Gasteiger partial charge in [-0.15, -0.1) is 0 Å². The standard InChI is InChI=1S/C12H18N4O/c17-12(9-16-4-1-3-14-16)15-5-2-10-6-13-7-11(10)8-15/h1,3-4,10-11,13H,2,5-9H2. The number of hydrogen-bond donors (Lipinski definition) is 1. The lowest BCUT2D eigenvalue weighted by Crippen LogP contribution is -2.44. The maximum Gasteiger partial charge on any atom is 0.244 e. The van der Waals surface area contributed by atoms with E-state index >= 15 is 0 Å². The van der Waals surface area contributed by atoms with Gasteiger partial charge in [-0.1, -0.05) is 0 Å². The molecular formula is C12H18N4O. The molecule has 0 radical (unpaired) electrons. The molecular weight excluding hydrogens is 216 g/mol. The van der Waals surface area contributed by atoms with Crippen LogP contribution in [0.15, 0.2) is 18.5 Å². The van der Waals surface area contributed by atoms with Gasteiger partial charge in [0.15, 0.2) is 0 Å². The maximum absolute atomic E-state index is 12.1. The Morgan fingerprint density at radius 2 is 2.29 bits per heavy atom. The Morgan fingerprint density at radius 3 is 3.12 bits per heavy atom. The number of carbonyl (C=O) groups is 1. The largest absolute Gasteiger partial charge is 0.341 e. The summed E-state index contributed by atoms with van der Waals surface area (Å²) in [6.45, 7) is 4.39. The lowest BCUT2D eigenvalue weighted by Gasteiger charge is -2.34. The Bertz CT molecular complexity index is 389. The lowest BCUT2D eigenvalue weighted by molar-refractivity contribution is -0.134. The molecule has 1 amide bonds. The van der Waals surface area contributed by atoms with Gasteiger partial charge in [-0.2, -0.15) is 5.10 Å². The van der Waals surface area contributed by atoms with Gasteiger partial charge in [0.1, 0.15) is 6.54 Å². The van der Waals surface area contributed by atoms with E-state index in [4.69, 9.17) is 0 Å². The summed E-state index contributed by atoms with van der Waals surface area (Å²) in [5.41, 5.74) is 0. The van der Waals surface area contributed by atoms with E-state index in [0.717, 1.165) is 38.5 Å². The first kappa shape index (κ1) is 10.8. The third-order valence-electron chi connectivity index (χ3n) is 3.91. The topological polar surface area (TPSA) is 50.2 Å². The Kier molecular flexibility index (Phi) is 2.84. The van der Waals surface area contributed by atoms with Crippen LogP contribution in [0.25, 0.3) is 0 Å². The van der Waals surface area contributed by atoms with Crippen LogP contribution >= 0.6 is 0 Å². The minimum Gasteiger partial charge on any atom is -0.341 e. The minimum absolute atomic E-state index is 0.194. The van der Waals surface area contributed by atoms with Crippen molar-refractivity contribution in [3.8, 4) is 0 Å². The zero-order valence-electron chi connectivity index (χ0n) is 9.88. The van der Waals surface area contributed by atoms with Crippen molar-refractivity contribution in [3.05, 3.63) is 18.5 Å². The van der Waals surface area contributed by atoms with E-state index in [9.17, 15) is 4.79 Å². The number of amides is 1. The first-order valence-electron chi connectivity index (χ1n) is 6.29. The molecule has 2 atom stereocenters. The molecule has 2 aliphatic heterocycles. The monoisotopic (exact) mass is 234 g/mol. The van der Waals surface area contributed by atoms with Crippen LogP contribution in [-0.4, -0.2) is 46.8 Å². The van der Waals surface area contributed by atoms with Gasteiger partial charge in [-0.25, -0.2) is 0 Å². The van der Waals surface area contributed by atoms with Crippen molar-refractivity contribution in [2.45, 2.75) is 13.0 Å². The summed E-state index contributed by atoms with van der Waals surface area (Å²) in [6.07, 6.45) is 4.69. The van der Waals surface area contributed by atoms with E-state index in [1.807, 2.05) is 17.2 Å². The number of aromatic nitrogens is 2. The molecule has 92 valence electrons. The molecule has 5 nitrogen and oxygen atoms in total. The summed E-state index contributed by atoms with van der Waals surface area (Å²) in [6, 6.07) is 1.85. The highest BCUT2D eigenvalue weighted by atomic mass is 16.2. The Labute approximate surface area is 101 Å². The van der Waals surface area contributed by atoms with Crippen molar-refractivity contribution < 1.29 is 4.79 Å². The predicted octanol–water partition coefficient (Wildman–Crippen LogP) is -0.0490. The van der Waals surface area contributed by atoms with Crippen LogP contribution in [0.3, 0.4) is 0 Å². The first-order valence-corrected chi connectivity index (χ1v) is 6.29. The molecule has 2 aliphatic rings. The van der Waals surface area contributed by atoms with Gasteiger partial charge in [-0.05, 0) is 37.4 Å². The molecule has 2 saturated heterocycles. The summed E-state index contributed by atoms with van der Waals surface area (Å²) in [5, 5.41) is 7.49. The van der Waals surface area contributed by atoms with E-state index < -0.39 is 0 Å². The average molecular weight is 234 g/mol. The summed E-state index contributed by atoms with van der Waals surface area (Å²) in [5.74, 6) is 1.63. The van der Waals surface area contributed by atoms with Crippen LogP contribution < -0.4 is 5.32 Å². The quantitative estimate of drug-likeness (QED) is 0.780. The molecule has 0 saturated carbocycles. The third kappa shape index (κ3) is 2.20. The van der Waals surface area contributed by atoms with Crippen LogP contribution in [0.4, 0.5) is 0 Å². The molecule has 17 heavy (non-hydrogen) atoms. The van der Waals surface area contributed by atoms with E-state index in [1.165, 1.54) is 0 Å². The van der Waals surface area contributed by atoms with Gasteiger partial charge in [0.2, 0.25) is 5.91 Å². The third-order valence-corrected chi connectivity index (χ3v) is 3.91. The van der Waals surface area contributed by atoms with Crippen molar-refractivity contribution in [2.24, 2.45) is 11.8 Å². The van der Waals surface area contributed by atoms with Crippen LogP contribution in [-0.2, 0) is 11.3 Å². The second-order valence-corrected chi connectivity index (χ2v) is 5.01. The fourth-order valence-electron chi connectivity index (χ4n) is 2.89. The number of hydrogen-bond acceptors (Lipinski definition) is 3. The van der Waals surface area contributed by atoms with Crippen LogP contribution in [0, 0.1) is 11.8 Å². The molecule has 3 heterocycles. The lowest BCUT2D eigenvalue weighted by atomic mass is 9.89. The van der Waals surface area contributed by atoms with E-state index in [1.54, 1.807) is 10.9 Å². The molecule has 2 unspecified atom stereocenters. The normalized spacial score (nSPS) is 28.1. The molecule has 1 aromatic heterocycles. The number of carbonyl (C=O) groups excluding carboxylic acids is 1. The zero-order valence-corrected chi connectivity index (χ0v) is 9.88. The van der Waals surface area contributed by atoms with Gasteiger partial charge in [0, 0.05) is 25.5 Å². The number of nitrogens with one attached hydrogen (secondary N) is 1. The summed E-state index contributed by atoms with van der Waals surface area (Å²) in [7, 11) is 0. The first-order chi connectivity index (χ1) is 8.33. The molecule has 0 aromatic carbocycles. The minimum atomic E-state index is 0.194. The molecule has 2 fully saturated rings. The van der Waals surface area contributed by atoms with Crippen molar-refractivity contribution in [2.75, 3.05) is 26.2 Å². The van der Waals surface area contributed by atoms with Crippen molar-refractivity contribution in [1.82, 2.24) is 20.0 Å². The summed E-state index contributed by atoms with van der Waals surface area (Å²) in [4.78, 5) is 14.1. The highest BCUT2D eigenvalue weighted by molar-refractivity contribution is 5.76. The van der Waals surface area contributed by atoms with Gasteiger partial charge >= 0.3 is 0 Å². The smallest absolute Gasteiger partial charge is 0.244 e. The molecule has 0 spiro atoms. The zero-order chi connectivity index (χ0) is 11.7.